The van der Waals surface area contributed by atoms with E-state index in [1.54, 1.807) is 24.3 Å². The minimum Gasteiger partial charge on any atom is -0.390 e. The highest BCUT2D eigenvalue weighted by atomic mass is 31.2. The molecular weight excluding hydrogens is 349 g/mol. The quantitative estimate of drug-likeness (QED) is 0.612. The molecule has 0 fully saturated rings. The third-order valence-corrected chi connectivity index (χ3v) is 7.75. The molecule has 0 radical (unpaired) electrons. The molecular formula is C20H26NO4P. The Kier molecular flexibility index (Phi) is 6.76. The maximum atomic E-state index is 14.0. The Labute approximate surface area is 154 Å². The fourth-order valence-corrected chi connectivity index (χ4v) is 6.00. The van der Waals surface area contributed by atoms with Crippen LogP contribution >= 0.6 is 7.14 Å². The van der Waals surface area contributed by atoms with Gasteiger partial charge in [-0.3, -0.25) is 4.79 Å². The third-order valence-electron chi connectivity index (χ3n) is 4.40. The van der Waals surface area contributed by atoms with Gasteiger partial charge in [0.25, 0.3) is 0 Å². The van der Waals surface area contributed by atoms with E-state index in [1.165, 1.54) is 13.8 Å². The van der Waals surface area contributed by atoms with E-state index in [9.17, 15) is 19.6 Å². The molecule has 140 valence electrons. The smallest absolute Gasteiger partial charge is 0.216 e. The van der Waals surface area contributed by atoms with Gasteiger partial charge in [0.15, 0.2) is 0 Å². The van der Waals surface area contributed by atoms with Gasteiger partial charge in [-0.15, -0.1) is 0 Å². The van der Waals surface area contributed by atoms with Crippen molar-refractivity contribution in [3.8, 4) is 0 Å². The highest BCUT2D eigenvalue weighted by Gasteiger charge is 2.40. The molecule has 0 aromatic heterocycles. The van der Waals surface area contributed by atoms with Gasteiger partial charge in [-0.05, 0) is 13.3 Å². The number of rotatable bonds is 8. The lowest BCUT2D eigenvalue weighted by Crippen LogP contribution is -2.46. The fraction of sp³-hybridized carbons (Fsp3) is 0.350. The van der Waals surface area contributed by atoms with Crippen molar-refractivity contribution in [2.24, 2.45) is 0 Å². The lowest BCUT2D eigenvalue weighted by Gasteiger charge is -2.33. The predicted octanol–water partition coefficient (Wildman–Crippen LogP) is 1.64. The molecule has 0 bridgehead atoms. The van der Waals surface area contributed by atoms with Crippen molar-refractivity contribution in [1.29, 1.82) is 0 Å². The Morgan fingerprint density at radius 2 is 1.54 bits per heavy atom. The van der Waals surface area contributed by atoms with E-state index in [2.05, 4.69) is 5.32 Å². The molecule has 0 saturated carbocycles. The second-order valence-corrected chi connectivity index (χ2v) is 9.54. The molecule has 2 aromatic carbocycles. The summed E-state index contributed by atoms with van der Waals surface area (Å²) in [4.78, 5) is 11.0. The van der Waals surface area contributed by atoms with Crippen molar-refractivity contribution in [1.82, 2.24) is 5.32 Å². The molecule has 0 spiro atoms. The fourth-order valence-electron chi connectivity index (χ4n) is 2.92. The summed E-state index contributed by atoms with van der Waals surface area (Å²) in [6.45, 7) is 3.13. The molecule has 2 atom stereocenters. The second-order valence-electron chi connectivity index (χ2n) is 6.71. The number of aliphatic hydroxyl groups is 2. The lowest BCUT2D eigenvalue weighted by atomic mass is 9.99. The molecule has 0 unspecified atom stereocenters. The lowest BCUT2D eigenvalue weighted by molar-refractivity contribution is -0.119. The first kappa shape index (κ1) is 20.4. The first-order chi connectivity index (χ1) is 12.3. The number of aliphatic hydroxyl groups excluding tert-OH is 1. The van der Waals surface area contributed by atoms with Crippen LogP contribution in [-0.2, 0) is 9.36 Å². The molecule has 0 aliphatic rings. The molecule has 5 nitrogen and oxygen atoms in total. The highest BCUT2D eigenvalue weighted by Crippen LogP contribution is 2.46. The topological polar surface area (TPSA) is 86.6 Å². The Morgan fingerprint density at radius 3 is 1.96 bits per heavy atom. The van der Waals surface area contributed by atoms with E-state index in [-0.39, 0.29) is 25.0 Å². The van der Waals surface area contributed by atoms with Gasteiger partial charge in [0, 0.05) is 30.2 Å². The Morgan fingerprint density at radius 1 is 1.08 bits per heavy atom. The summed E-state index contributed by atoms with van der Waals surface area (Å²) in [6.07, 6.45) is -1.03. The van der Waals surface area contributed by atoms with Crippen LogP contribution in [0, 0.1) is 0 Å². The Hall–Kier alpha value is -1.94. The molecule has 26 heavy (non-hydrogen) atoms. The SMILES string of the molecule is CC(=O)NCC[C@H](O)[C@@](C)(O)CP(=O)(c1ccccc1)c1ccccc1. The molecule has 6 heteroatoms. The average Bonchev–Trinajstić information content (AvgIpc) is 2.62. The van der Waals surface area contributed by atoms with Crippen molar-refractivity contribution >= 4 is 23.7 Å². The number of carbonyl (C=O) groups is 1. The van der Waals surface area contributed by atoms with Crippen LogP contribution in [0.25, 0.3) is 0 Å². The molecule has 0 aliphatic carbocycles. The number of nitrogens with one attached hydrogen (secondary N) is 1. The van der Waals surface area contributed by atoms with Gasteiger partial charge in [-0.1, -0.05) is 60.7 Å². The van der Waals surface area contributed by atoms with Crippen LogP contribution in [0.2, 0.25) is 0 Å². The zero-order chi connectivity index (χ0) is 19.2. The van der Waals surface area contributed by atoms with E-state index in [4.69, 9.17) is 0 Å². The molecule has 3 N–H and O–H groups in total. The van der Waals surface area contributed by atoms with Crippen molar-refractivity contribution in [3.63, 3.8) is 0 Å². The second kappa shape index (κ2) is 8.63. The van der Waals surface area contributed by atoms with Crippen LogP contribution in [-0.4, -0.2) is 40.5 Å². The van der Waals surface area contributed by atoms with Crippen LogP contribution in [0.15, 0.2) is 60.7 Å². The third kappa shape index (κ3) is 5.04. The summed E-state index contributed by atoms with van der Waals surface area (Å²) in [6, 6.07) is 18.1. The van der Waals surface area contributed by atoms with Crippen molar-refractivity contribution in [2.75, 3.05) is 12.7 Å². The van der Waals surface area contributed by atoms with Crippen LogP contribution < -0.4 is 15.9 Å². The zero-order valence-corrected chi connectivity index (χ0v) is 16.0. The van der Waals surface area contributed by atoms with Gasteiger partial charge >= 0.3 is 0 Å². The number of amides is 1. The van der Waals surface area contributed by atoms with Crippen molar-refractivity contribution in [2.45, 2.75) is 32.0 Å². The maximum absolute atomic E-state index is 14.0. The first-order valence-corrected chi connectivity index (χ1v) is 10.5. The summed E-state index contributed by atoms with van der Waals surface area (Å²) in [5, 5.41) is 25.2. The van der Waals surface area contributed by atoms with Crippen molar-refractivity contribution in [3.05, 3.63) is 60.7 Å². The van der Waals surface area contributed by atoms with Gasteiger partial charge in [-0.25, -0.2) is 0 Å². The van der Waals surface area contributed by atoms with Crippen LogP contribution in [0.5, 0.6) is 0 Å². The normalized spacial score (nSPS) is 15.1. The minimum atomic E-state index is -3.15. The predicted molar refractivity (Wildman–Crippen MR) is 105 cm³/mol. The largest absolute Gasteiger partial charge is 0.390 e. The first-order valence-electron chi connectivity index (χ1n) is 8.61. The monoisotopic (exact) mass is 375 g/mol. The summed E-state index contributed by atoms with van der Waals surface area (Å²) in [7, 11) is -3.15. The standard InChI is InChI=1S/C20H26NO4P/c1-16(22)21-14-13-19(23)20(2,24)15-26(25,17-9-5-3-6-10-17)18-11-7-4-8-12-18/h3-12,19,23-24H,13-15H2,1-2H3,(H,21,22)/t19-,20-/m0/s1. The van der Waals surface area contributed by atoms with E-state index >= 15 is 0 Å². The van der Waals surface area contributed by atoms with E-state index < -0.39 is 18.8 Å². The van der Waals surface area contributed by atoms with Gasteiger partial charge in [0.2, 0.25) is 5.91 Å². The molecule has 0 aliphatic heterocycles. The van der Waals surface area contributed by atoms with Crippen LogP contribution in [0.4, 0.5) is 0 Å². The molecule has 2 rings (SSSR count). The van der Waals surface area contributed by atoms with Gasteiger partial charge in [0.05, 0.1) is 11.7 Å². The minimum absolute atomic E-state index is 0.0880. The Bertz CT molecular complexity index is 718. The Balaban J connectivity index is 2.29. The summed E-state index contributed by atoms with van der Waals surface area (Å²) in [5.41, 5.74) is -1.57. The van der Waals surface area contributed by atoms with Crippen LogP contribution in [0.3, 0.4) is 0 Å². The average molecular weight is 375 g/mol. The zero-order valence-electron chi connectivity index (χ0n) is 15.1. The molecule has 2 aromatic rings. The number of hydrogen-bond donors (Lipinski definition) is 3. The van der Waals surface area contributed by atoms with Gasteiger partial charge < -0.3 is 20.1 Å². The maximum Gasteiger partial charge on any atom is 0.216 e. The van der Waals surface area contributed by atoms with E-state index in [1.807, 2.05) is 36.4 Å². The summed E-state index contributed by atoms with van der Waals surface area (Å²) < 4.78 is 14.0. The summed E-state index contributed by atoms with van der Waals surface area (Å²) >= 11 is 0. The highest BCUT2D eigenvalue weighted by molar-refractivity contribution is 7.78. The molecule has 1 amide bonds. The summed E-state index contributed by atoms with van der Waals surface area (Å²) in [5.74, 6) is -0.198. The van der Waals surface area contributed by atoms with Gasteiger partial charge in [-0.2, -0.15) is 0 Å². The number of benzene rings is 2. The van der Waals surface area contributed by atoms with Crippen LogP contribution in [0.1, 0.15) is 20.3 Å². The van der Waals surface area contributed by atoms with Crippen molar-refractivity contribution < 1.29 is 19.6 Å². The van der Waals surface area contributed by atoms with E-state index in [0.29, 0.717) is 10.6 Å². The van der Waals surface area contributed by atoms with Gasteiger partial charge in [0.1, 0.15) is 7.14 Å². The number of hydrogen-bond acceptors (Lipinski definition) is 4. The number of carbonyl (C=O) groups excluding carboxylic acids is 1. The molecule has 0 heterocycles. The van der Waals surface area contributed by atoms with E-state index in [0.717, 1.165) is 0 Å². The molecule has 0 saturated heterocycles.